The molecule has 0 spiro atoms. The van der Waals surface area contributed by atoms with E-state index in [0.717, 1.165) is 46.8 Å². The number of nitrogens with zero attached hydrogens (tertiary/aromatic N) is 3. The lowest BCUT2D eigenvalue weighted by Gasteiger charge is -2.29. The Labute approximate surface area is 142 Å². The van der Waals surface area contributed by atoms with Crippen LogP contribution in [0.5, 0.6) is 0 Å². The molecule has 0 radical (unpaired) electrons. The highest BCUT2D eigenvalue weighted by Crippen LogP contribution is 2.25. The standard InChI is InChI=1S/C19H23N5/c1-13-9-14(3-6-20-13)17-10-15-12-21-19(11-18(15)23-17)22-16-4-7-24(2)8-5-16/h3,6,9-12,16,23H,4-5,7-8H2,1-2H3,(H,21,22). The second-order valence-corrected chi connectivity index (χ2v) is 6.75. The fourth-order valence-corrected chi connectivity index (χ4v) is 3.34. The third-order valence-electron chi connectivity index (χ3n) is 4.78. The van der Waals surface area contributed by atoms with Crippen molar-refractivity contribution in [3.05, 3.63) is 42.4 Å². The van der Waals surface area contributed by atoms with E-state index < -0.39 is 0 Å². The smallest absolute Gasteiger partial charge is 0.128 e. The fraction of sp³-hybridized carbons (Fsp3) is 0.368. The number of aryl methyl sites for hydroxylation is 1. The van der Waals surface area contributed by atoms with Gasteiger partial charge in [-0.25, -0.2) is 4.98 Å². The number of hydrogen-bond donors (Lipinski definition) is 2. The van der Waals surface area contributed by atoms with Crippen LogP contribution in [0, 0.1) is 6.92 Å². The first-order valence-corrected chi connectivity index (χ1v) is 8.54. The molecule has 0 aliphatic carbocycles. The molecule has 4 heterocycles. The van der Waals surface area contributed by atoms with Gasteiger partial charge in [-0.1, -0.05) is 0 Å². The summed E-state index contributed by atoms with van der Waals surface area (Å²) < 4.78 is 0. The fourth-order valence-electron chi connectivity index (χ4n) is 3.34. The van der Waals surface area contributed by atoms with Crippen LogP contribution < -0.4 is 5.32 Å². The monoisotopic (exact) mass is 321 g/mol. The van der Waals surface area contributed by atoms with E-state index in [-0.39, 0.29) is 0 Å². The summed E-state index contributed by atoms with van der Waals surface area (Å²) in [5.74, 6) is 0.955. The van der Waals surface area contributed by atoms with Gasteiger partial charge in [-0.05, 0) is 58.1 Å². The largest absolute Gasteiger partial charge is 0.367 e. The first kappa shape index (κ1) is 15.1. The Balaban J connectivity index is 1.57. The van der Waals surface area contributed by atoms with E-state index in [0.29, 0.717) is 6.04 Å². The molecule has 3 aromatic rings. The summed E-state index contributed by atoms with van der Waals surface area (Å²) in [5.41, 5.74) is 4.40. The molecule has 2 N–H and O–H groups in total. The molecule has 0 unspecified atom stereocenters. The summed E-state index contributed by atoms with van der Waals surface area (Å²) in [4.78, 5) is 14.7. The Morgan fingerprint density at radius 2 is 2.00 bits per heavy atom. The van der Waals surface area contributed by atoms with Gasteiger partial charge in [-0.15, -0.1) is 0 Å². The molecule has 0 amide bonds. The lowest BCUT2D eigenvalue weighted by molar-refractivity contribution is 0.263. The predicted molar refractivity (Wildman–Crippen MR) is 98.2 cm³/mol. The van der Waals surface area contributed by atoms with E-state index in [1.165, 1.54) is 12.8 Å². The van der Waals surface area contributed by atoms with E-state index in [2.05, 4.69) is 50.4 Å². The molecule has 1 aliphatic heterocycles. The molecule has 0 aromatic carbocycles. The Hall–Kier alpha value is -2.40. The summed E-state index contributed by atoms with van der Waals surface area (Å²) >= 11 is 0. The third kappa shape index (κ3) is 3.12. The summed E-state index contributed by atoms with van der Waals surface area (Å²) in [6.45, 7) is 4.30. The molecule has 0 atom stereocenters. The molecule has 4 rings (SSSR count). The predicted octanol–water partition coefficient (Wildman–Crippen LogP) is 3.44. The van der Waals surface area contributed by atoms with Gasteiger partial charge >= 0.3 is 0 Å². The lowest BCUT2D eigenvalue weighted by Crippen LogP contribution is -2.36. The third-order valence-corrected chi connectivity index (χ3v) is 4.78. The average molecular weight is 321 g/mol. The number of nitrogens with one attached hydrogen (secondary N) is 2. The molecule has 1 aliphatic rings. The molecule has 0 saturated carbocycles. The van der Waals surface area contributed by atoms with Gasteiger partial charge < -0.3 is 15.2 Å². The number of hydrogen-bond acceptors (Lipinski definition) is 4. The van der Waals surface area contributed by atoms with Gasteiger partial charge in [-0.2, -0.15) is 0 Å². The molecule has 0 bridgehead atoms. The number of pyridine rings is 2. The highest BCUT2D eigenvalue weighted by atomic mass is 15.1. The maximum atomic E-state index is 4.59. The van der Waals surface area contributed by atoms with Crippen molar-refractivity contribution in [3.8, 4) is 11.3 Å². The molecule has 3 aromatic heterocycles. The van der Waals surface area contributed by atoms with Gasteiger partial charge in [-0.3, -0.25) is 4.98 Å². The summed E-state index contributed by atoms with van der Waals surface area (Å²) in [7, 11) is 2.18. The van der Waals surface area contributed by atoms with Gasteiger partial charge in [0.1, 0.15) is 5.82 Å². The molecule has 5 heteroatoms. The Bertz CT molecular complexity index is 846. The molecule has 1 fully saturated rings. The first-order chi connectivity index (χ1) is 11.7. The summed E-state index contributed by atoms with van der Waals surface area (Å²) in [6, 6.07) is 8.91. The van der Waals surface area contributed by atoms with Gasteiger partial charge in [0.2, 0.25) is 0 Å². The van der Waals surface area contributed by atoms with Crippen molar-refractivity contribution in [2.75, 3.05) is 25.5 Å². The van der Waals surface area contributed by atoms with Crippen LogP contribution in [0.4, 0.5) is 5.82 Å². The summed E-state index contributed by atoms with van der Waals surface area (Å²) in [5, 5.41) is 4.72. The molecular formula is C19H23N5. The van der Waals surface area contributed by atoms with Crippen LogP contribution in [-0.2, 0) is 0 Å². The second kappa shape index (κ2) is 6.24. The van der Waals surface area contributed by atoms with Gasteiger partial charge in [0.15, 0.2) is 0 Å². The number of H-pyrrole nitrogens is 1. The highest BCUT2D eigenvalue weighted by molar-refractivity contribution is 5.86. The van der Waals surface area contributed by atoms with Crippen LogP contribution in [0.15, 0.2) is 36.7 Å². The zero-order valence-corrected chi connectivity index (χ0v) is 14.2. The number of piperidine rings is 1. The quantitative estimate of drug-likeness (QED) is 0.776. The minimum Gasteiger partial charge on any atom is -0.367 e. The van der Waals surface area contributed by atoms with Gasteiger partial charge in [0.25, 0.3) is 0 Å². The van der Waals surface area contributed by atoms with Gasteiger partial charge in [0.05, 0.1) is 5.52 Å². The van der Waals surface area contributed by atoms with E-state index >= 15 is 0 Å². The van der Waals surface area contributed by atoms with E-state index in [1.54, 1.807) is 0 Å². The number of rotatable bonds is 3. The topological polar surface area (TPSA) is 56.8 Å². The Morgan fingerprint density at radius 1 is 1.17 bits per heavy atom. The van der Waals surface area contributed by atoms with E-state index in [1.807, 2.05) is 25.4 Å². The highest BCUT2D eigenvalue weighted by Gasteiger charge is 2.17. The van der Waals surface area contributed by atoms with Crippen molar-refractivity contribution >= 4 is 16.7 Å². The van der Waals surface area contributed by atoms with Crippen molar-refractivity contribution in [1.82, 2.24) is 19.9 Å². The van der Waals surface area contributed by atoms with Crippen molar-refractivity contribution in [1.29, 1.82) is 0 Å². The minimum atomic E-state index is 0.517. The zero-order chi connectivity index (χ0) is 16.5. The van der Waals surface area contributed by atoms with Crippen molar-refractivity contribution in [2.45, 2.75) is 25.8 Å². The second-order valence-electron chi connectivity index (χ2n) is 6.75. The van der Waals surface area contributed by atoms with Gasteiger partial charge in [0, 0.05) is 46.8 Å². The van der Waals surface area contributed by atoms with Crippen molar-refractivity contribution in [3.63, 3.8) is 0 Å². The average Bonchev–Trinajstić information content (AvgIpc) is 3.00. The van der Waals surface area contributed by atoms with Crippen LogP contribution in [0.2, 0.25) is 0 Å². The van der Waals surface area contributed by atoms with Crippen molar-refractivity contribution in [2.24, 2.45) is 0 Å². The number of aromatic nitrogens is 3. The van der Waals surface area contributed by atoms with E-state index in [4.69, 9.17) is 0 Å². The minimum absolute atomic E-state index is 0.517. The van der Waals surface area contributed by atoms with Crippen LogP contribution >= 0.6 is 0 Å². The Morgan fingerprint density at radius 3 is 2.79 bits per heavy atom. The number of likely N-dealkylation sites (tertiary alicyclic amines) is 1. The lowest BCUT2D eigenvalue weighted by atomic mass is 10.1. The number of fused-ring (bicyclic) bond motifs is 1. The SMILES string of the molecule is Cc1cc(-c2cc3cnc(NC4CCN(C)CC4)cc3[nH]2)ccn1. The summed E-state index contributed by atoms with van der Waals surface area (Å²) in [6.07, 6.45) is 6.13. The van der Waals surface area contributed by atoms with Crippen LogP contribution in [0.1, 0.15) is 18.5 Å². The first-order valence-electron chi connectivity index (χ1n) is 8.54. The zero-order valence-electron chi connectivity index (χ0n) is 14.2. The number of aromatic amines is 1. The molecule has 24 heavy (non-hydrogen) atoms. The maximum Gasteiger partial charge on any atom is 0.128 e. The van der Waals surface area contributed by atoms with Crippen LogP contribution in [0.25, 0.3) is 22.2 Å². The van der Waals surface area contributed by atoms with E-state index in [9.17, 15) is 0 Å². The molecule has 124 valence electrons. The Kier molecular flexibility index (Phi) is 3.94. The molecule has 1 saturated heterocycles. The van der Waals surface area contributed by atoms with Crippen molar-refractivity contribution < 1.29 is 0 Å². The molecule has 5 nitrogen and oxygen atoms in total. The van der Waals surface area contributed by atoms with Crippen LogP contribution in [-0.4, -0.2) is 46.0 Å². The van der Waals surface area contributed by atoms with Crippen LogP contribution in [0.3, 0.4) is 0 Å². The number of anilines is 1. The molecular weight excluding hydrogens is 298 g/mol. The normalized spacial score (nSPS) is 16.6. The maximum absolute atomic E-state index is 4.59.